The number of halogens is 2. The molecule has 2 fully saturated rings. The monoisotopic (exact) mass is 222 g/mol. The van der Waals surface area contributed by atoms with Gasteiger partial charge in [-0.3, -0.25) is 4.79 Å². The summed E-state index contributed by atoms with van der Waals surface area (Å²) >= 11 is 0. The van der Waals surface area contributed by atoms with Gasteiger partial charge >= 0.3 is 0 Å². The lowest BCUT2D eigenvalue weighted by molar-refractivity contribution is -0.119. The lowest BCUT2D eigenvalue weighted by Gasteiger charge is -2.15. The van der Waals surface area contributed by atoms with Crippen LogP contribution >= 0.6 is 0 Å². The van der Waals surface area contributed by atoms with Crippen LogP contribution in [0.2, 0.25) is 0 Å². The summed E-state index contributed by atoms with van der Waals surface area (Å²) in [5.74, 6) is -1.46. The summed E-state index contributed by atoms with van der Waals surface area (Å²) in [6.45, 7) is 0. The Hall–Kier alpha value is -1.49. The van der Waals surface area contributed by atoms with Crippen molar-refractivity contribution < 1.29 is 13.6 Å². The number of amides is 1. The molecule has 2 aliphatic carbocycles. The Morgan fingerprint density at radius 1 is 1.31 bits per heavy atom. The van der Waals surface area contributed by atoms with E-state index in [1.807, 2.05) is 0 Å². The van der Waals surface area contributed by atoms with Gasteiger partial charge in [0.15, 0.2) is 0 Å². The summed E-state index contributed by atoms with van der Waals surface area (Å²) in [6.07, 6.45) is 0. The summed E-state index contributed by atoms with van der Waals surface area (Å²) in [6, 6.07) is 2.07. The Kier molecular flexibility index (Phi) is 1.15. The Balaban J connectivity index is 1.93. The first-order valence-corrected chi connectivity index (χ1v) is 5.14. The number of carbonyl (C=O) groups excluding carboxylic acids is 1. The van der Waals surface area contributed by atoms with Gasteiger partial charge in [0.1, 0.15) is 17.2 Å². The van der Waals surface area contributed by atoms with Crippen LogP contribution in [0.5, 0.6) is 0 Å². The highest BCUT2D eigenvalue weighted by molar-refractivity contribution is 6.06. The highest BCUT2D eigenvalue weighted by Gasteiger charge is 2.87. The number of rotatable bonds is 0. The summed E-state index contributed by atoms with van der Waals surface area (Å²) < 4.78 is 26.6. The Labute approximate surface area is 89.6 Å². The lowest BCUT2D eigenvalue weighted by Crippen LogP contribution is -2.44. The molecule has 0 saturated heterocycles. The largest absolute Gasteiger partial charge is 0.322 e. The van der Waals surface area contributed by atoms with Gasteiger partial charge in [-0.1, -0.05) is 0 Å². The number of hydrogen-bond donors (Lipinski definition) is 2. The summed E-state index contributed by atoms with van der Waals surface area (Å²) in [7, 11) is 0. The Bertz CT molecular complexity index is 547. The average molecular weight is 222 g/mol. The standard InChI is InChI=1S/C11H8F2N2O/c12-3-1-4-6-7-8(6)11(7,14)10(16)15-9(4)5(13)2-3/h1-2,6-8H,14H2,(H,15,16)/t6?,7-,8?,11?/m0/s1. The van der Waals surface area contributed by atoms with Gasteiger partial charge < -0.3 is 11.1 Å². The molecule has 0 radical (unpaired) electrons. The highest BCUT2D eigenvalue weighted by Crippen LogP contribution is 2.80. The molecule has 2 saturated carbocycles. The number of fused-ring (bicyclic) bond motifs is 4. The fraction of sp³-hybridized carbons (Fsp3) is 0.364. The van der Waals surface area contributed by atoms with Crippen LogP contribution in [-0.4, -0.2) is 11.4 Å². The second-order valence-corrected chi connectivity index (χ2v) is 4.82. The van der Waals surface area contributed by atoms with Gasteiger partial charge in [-0.15, -0.1) is 0 Å². The van der Waals surface area contributed by atoms with Gasteiger partial charge in [-0.25, -0.2) is 8.78 Å². The molecule has 82 valence electrons. The molecule has 16 heavy (non-hydrogen) atoms. The van der Waals surface area contributed by atoms with Crippen molar-refractivity contribution >= 4 is 11.6 Å². The van der Waals surface area contributed by atoms with Crippen molar-refractivity contribution in [2.45, 2.75) is 11.5 Å². The van der Waals surface area contributed by atoms with Gasteiger partial charge in [0.05, 0.1) is 5.69 Å². The van der Waals surface area contributed by atoms with Crippen LogP contribution in [0.25, 0.3) is 0 Å². The van der Waals surface area contributed by atoms with Crippen LogP contribution in [0, 0.1) is 23.5 Å². The van der Waals surface area contributed by atoms with Gasteiger partial charge in [-0.05, 0) is 29.4 Å². The topological polar surface area (TPSA) is 55.1 Å². The minimum Gasteiger partial charge on any atom is -0.322 e. The normalized spacial score (nSPS) is 41.7. The van der Waals surface area contributed by atoms with Crippen molar-refractivity contribution in [2.75, 3.05) is 5.32 Å². The molecule has 1 aromatic rings. The van der Waals surface area contributed by atoms with E-state index in [2.05, 4.69) is 5.32 Å². The van der Waals surface area contributed by atoms with E-state index in [0.29, 0.717) is 5.56 Å². The molecule has 4 atom stereocenters. The predicted octanol–water partition coefficient (Wildman–Crippen LogP) is 0.958. The predicted molar refractivity (Wildman–Crippen MR) is 51.6 cm³/mol. The molecule has 1 amide bonds. The van der Waals surface area contributed by atoms with Gasteiger partial charge in [0.25, 0.3) is 0 Å². The van der Waals surface area contributed by atoms with E-state index in [0.717, 1.165) is 6.07 Å². The van der Waals surface area contributed by atoms with Crippen LogP contribution in [0.3, 0.4) is 0 Å². The maximum absolute atomic E-state index is 13.5. The van der Waals surface area contributed by atoms with E-state index in [1.165, 1.54) is 6.07 Å². The molecular formula is C11H8F2N2O. The smallest absolute Gasteiger partial charge is 0.245 e. The number of benzene rings is 1. The fourth-order valence-corrected chi connectivity index (χ4v) is 3.15. The van der Waals surface area contributed by atoms with Crippen LogP contribution < -0.4 is 11.1 Å². The van der Waals surface area contributed by atoms with Gasteiger partial charge in [0.2, 0.25) is 5.91 Å². The van der Waals surface area contributed by atoms with Crippen molar-refractivity contribution in [1.29, 1.82) is 0 Å². The molecular weight excluding hydrogens is 214 g/mol. The minimum atomic E-state index is -0.827. The average Bonchev–Trinajstić information content (AvgIpc) is 3.06. The third-order valence-electron chi connectivity index (χ3n) is 4.09. The summed E-state index contributed by atoms with van der Waals surface area (Å²) in [5.41, 5.74) is 5.70. The zero-order chi connectivity index (χ0) is 11.2. The van der Waals surface area contributed by atoms with E-state index in [9.17, 15) is 13.6 Å². The van der Waals surface area contributed by atoms with Crippen molar-refractivity contribution in [3.63, 3.8) is 0 Å². The molecule has 3 unspecified atom stereocenters. The molecule has 0 aromatic heterocycles. The maximum Gasteiger partial charge on any atom is 0.245 e. The second kappa shape index (κ2) is 2.13. The van der Waals surface area contributed by atoms with Gasteiger partial charge in [-0.2, -0.15) is 0 Å². The van der Waals surface area contributed by atoms with E-state index in [1.54, 1.807) is 0 Å². The molecule has 1 aliphatic heterocycles. The van der Waals surface area contributed by atoms with Gasteiger partial charge in [0, 0.05) is 6.07 Å². The molecule has 3 N–H and O–H groups in total. The first kappa shape index (κ1) is 8.64. The first-order valence-electron chi connectivity index (χ1n) is 5.14. The molecule has 3 nitrogen and oxygen atoms in total. The van der Waals surface area contributed by atoms with Crippen molar-refractivity contribution in [3.05, 3.63) is 29.3 Å². The Morgan fingerprint density at radius 2 is 2.00 bits per heavy atom. The van der Waals surface area contributed by atoms with E-state index >= 15 is 0 Å². The van der Waals surface area contributed by atoms with Crippen LogP contribution in [-0.2, 0) is 4.79 Å². The number of hydrogen-bond acceptors (Lipinski definition) is 2. The van der Waals surface area contributed by atoms with E-state index in [-0.39, 0.29) is 29.3 Å². The zero-order valence-corrected chi connectivity index (χ0v) is 8.13. The molecule has 4 rings (SSSR count). The van der Waals surface area contributed by atoms with Crippen molar-refractivity contribution in [2.24, 2.45) is 17.6 Å². The summed E-state index contributed by atoms with van der Waals surface area (Å²) in [5, 5.41) is 2.47. The van der Waals surface area contributed by atoms with Crippen LogP contribution in [0.1, 0.15) is 11.5 Å². The molecule has 0 spiro atoms. The third-order valence-corrected chi connectivity index (χ3v) is 4.09. The van der Waals surface area contributed by atoms with Crippen molar-refractivity contribution in [3.8, 4) is 0 Å². The van der Waals surface area contributed by atoms with Crippen molar-refractivity contribution in [1.82, 2.24) is 0 Å². The first-order chi connectivity index (χ1) is 7.55. The number of nitrogens with one attached hydrogen (secondary N) is 1. The molecule has 0 bridgehead atoms. The second-order valence-electron chi connectivity index (χ2n) is 4.82. The highest BCUT2D eigenvalue weighted by atomic mass is 19.1. The molecule has 1 aromatic carbocycles. The van der Waals surface area contributed by atoms with Crippen LogP contribution in [0.15, 0.2) is 12.1 Å². The molecule has 3 aliphatic rings. The maximum atomic E-state index is 13.5. The van der Waals surface area contributed by atoms with Crippen LogP contribution in [0.4, 0.5) is 14.5 Å². The summed E-state index contributed by atoms with van der Waals surface area (Å²) in [4.78, 5) is 11.7. The quantitative estimate of drug-likeness (QED) is 0.686. The van der Waals surface area contributed by atoms with E-state index in [4.69, 9.17) is 5.73 Å². The number of anilines is 1. The lowest BCUT2D eigenvalue weighted by atomic mass is 9.93. The number of nitrogens with two attached hydrogens (primary N) is 1. The minimum absolute atomic E-state index is 0.0594. The molecule has 1 heterocycles. The number of carbonyl (C=O) groups is 1. The SMILES string of the molecule is NC12C(=O)Nc3c(F)cc(F)cc3C3C1[C@H]32. The molecule has 5 heteroatoms. The fourth-order valence-electron chi connectivity index (χ4n) is 3.15. The third kappa shape index (κ3) is 0.704. The van der Waals surface area contributed by atoms with E-state index < -0.39 is 17.2 Å². The Morgan fingerprint density at radius 3 is 2.69 bits per heavy atom. The zero-order valence-electron chi connectivity index (χ0n) is 8.13.